The Morgan fingerprint density at radius 3 is 2.67 bits per heavy atom. The molecule has 96 valence electrons. The Morgan fingerprint density at radius 1 is 1.39 bits per heavy atom. The Bertz CT molecular complexity index is 594. The molecule has 0 saturated heterocycles. The average Bonchev–Trinajstić information content (AvgIpc) is 2.82. The van der Waals surface area contributed by atoms with Crippen LogP contribution in [0.2, 0.25) is 0 Å². The van der Waals surface area contributed by atoms with E-state index < -0.39 is 10.4 Å². The lowest BCUT2D eigenvalue weighted by Gasteiger charge is -1.98. The van der Waals surface area contributed by atoms with Crippen molar-refractivity contribution >= 4 is 10.4 Å². The van der Waals surface area contributed by atoms with Gasteiger partial charge in [0.05, 0.1) is 5.56 Å². The topological polar surface area (TPSA) is 106 Å². The summed E-state index contributed by atoms with van der Waals surface area (Å²) in [5.74, 6) is 0.399. The number of rotatable bonds is 5. The highest BCUT2D eigenvalue weighted by atomic mass is 32.3. The van der Waals surface area contributed by atoms with Crippen molar-refractivity contribution in [3.8, 4) is 11.5 Å². The van der Waals surface area contributed by atoms with Gasteiger partial charge in [-0.05, 0) is 0 Å². The molecule has 2 heterocycles. The lowest BCUT2D eigenvalue weighted by Crippen LogP contribution is -2.35. The van der Waals surface area contributed by atoms with Gasteiger partial charge in [-0.15, -0.1) is 10.2 Å². The minimum absolute atomic E-state index is 0.149. The minimum atomic E-state index is -4.38. The van der Waals surface area contributed by atoms with Crippen LogP contribution >= 0.6 is 0 Å². The van der Waals surface area contributed by atoms with Crippen molar-refractivity contribution in [2.45, 2.75) is 6.54 Å². The second-order valence-electron chi connectivity index (χ2n) is 3.32. The van der Waals surface area contributed by atoms with Gasteiger partial charge in [0.25, 0.3) is 0 Å². The van der Waals surface area contributed by atoms with Crippen LogP contribution in [-0.2, 0) is 21.1 Å². The van der Waals surface area contributed by atoms with Crippen molar-refractivity contribution in [2.75, 3.05) is 6.61 Å². The second kappa shape index (κ2) is 5.21. The smallest absolute Gasteiger partial charge is 0.397 e. The van der Waals surface area contributed by atoms with Gasteiger partial charge in [-0.25, -0.2) is 8.75 Å². The Labute approximate surface area is 103 Å². The van der Waals surface area contributed by atoms with Gasteiger partial charge in [-0.1, -0.05) is 0 Å². The van der Waals surface area contributed by atoms with E-state index in [0.717, 1.165) is 5.56 Å². The van der Waals surface area contributed by atoms with Gasteiger partial charge in [0, 0.05) is 12.1 Å². The molecule has 0 aliphatic heterocycles. The van der Waals surface area contributed by atoms with Crippen LogP contribution in [0.25, 0.3) is 11.5 Å². The van der Waals surface area contributed by atoms with E-state index in [1.165, 1.54) is 6.39 Å². The molecule has 18 heavy (non-hydrogen) atoms. The van der Waals surface area contributed by atoms with E-state index >= 15 is 0 Å². The van der Waals surface area contributed by atoms with Crippen LogP contribution in [0, 0.1) is 0 Å². The summed E-state index contributed by atoms with van der Waals surface area (Å²) >= 11 is 0. The number of pyridine rings is 1. The Balaban J connectivity index is 1.96. The van der Waals surface area contributed by atoms with Crippen molar-refractivity contribution < 1.29 is 26.1 Å². The molecule has 0 radical (unpaired) electrons. The van der Waals surface area contributed by atoms with Crippen LogP contribution < -0.4 is 4.57 Å². The van der Waals surface area contributed by atoms with E-state index in [-0.39, 0.29) is 13.2 Å². The van der Waals surface area contributed by atoms with Gasteiger partial charge in [-0.2, -0.15) is 8.42 Å². The maximum absolute atomic E-state index is 10.3. The van der Waals surface area contributed by atoms with Gasteiger partial charge in [0.1, 0.15) is 6.61 Å². The summed E-state index contributed by atoms with van der Waals surface area (Å²) in [6.07, 6.45) is 4.64. The number of aromatic nitrogens is 3. The zero-order chi connectivity index (χ0) is 13.0. The SMILES string of the molecule is O=S(=O)(O)OCC[n+]1ccc(-c2nnco2)cc1. The zero-order valence-electron chi connectivity index (χ0n) is 9.13. The summed E-state index contributed by atoms with van der Waals surface area (Å²) in [5, 5.41) is 7.31. The first kappa shape index (κ1) is 12.6. The Morgan fingerprint density at radius 2 is 2.11 bits per heavy atom. The quantitative estimate of drug-likeness (QED) is 0.595. The highest BCUT2D eigenvalue weighted by molar-refractivity contribution is 7.80. The number of hydrogen-bond acceptors (Lipinski definition) is 6. The summed E-state index contributed by atoms with van der Waals surface area (Å²) in [7, 11) is -4.38. The first-order valence-corrected chi connectivity index (χ1v) is 6.28. The van der Waals surface area contributed by atoms with Crippen LogP contribution in [-0.4, -0.2) is 29.8 Å². The van der Waals surface area contributed by atoms with E-state index in [0.29, 0.717) is 5.89 Å². The van der Waals surface area contributed by atoms with Gasteiger partial charge in [-0.3, -0.25) is 4.55 Å². The average molecular weight is 272 g/mol. The zero-order valence-corrected chi connectivity index (χ0v) is 9.95. The Kier molecular flexibility index (Phi) is 3.65. The molecule has 0 saturated carbocycles. The lowest BCUT2D eigenvalue weighted by atomic mass is 10.3. The minimum Gasteiger partial charge on any atom is -0.423 e. The van der Waals surface area contributed by atoms with Crippen molar-refractivity contribution in [1.29, 1.82) is 0 Å². The van der Waals surface area contributed by atoms with Crippen LogP contribution in [0.15, 0.2) is 35.3 Å². The predicted octanol–water partition coefficient (Wildman–Crippen LogP) is -0.156. The molecule has 1 N–H and O–H groups in total. The van der Waals surface area contributed by atoms with Gasteiger partial charge in [0.15, 0.2) is 18.9 Å². The van der Waals surface area contributed by atoms with Crippen LogP contribution in [0.4, 0.5) is 0 Å². The number of hydrogen-bond donors (Lipinski definition) is 1. The normalized spacial score (nSPS) is 11.6. The summed E-state index contributed by atoms with van der Waals surface area (Å²) in [4.78, 5) is 0. The van der Waals surface area contributed by atoms with Gasteiger partial charge < -0.3 is 4.42 Å². The monoisotopic (exact) mass is 272 g/mol. The molecule has 0 fully saturated rings. The molecular formula is C9H10N3O5S+. The highest BCUT2D eigenvalue weighted by Gasteiger charge is 2.09. The molecule has 0 aromatic carbocycles. The standard InChI is InChI=1S/C9H9N3O5S/c13-18(14,15)17-6-5-12-3-1-8(2-4-12)9-11-10-7-16-9/h1-4,7H,5-6H2/p+1. The third-order valence-electron chi connectivity index (χ3n) is 2.08. The van der Waals surface area contributed by atoms with Crippen LogP contribution in [0.3, 0.4) is 0 Å². The molecule has 0 aliphatic carbocycles. The summed E-state index contributed by atoms with van der Waals surface area (Å²) in [5.41, 5.74) is 0.749. The molecule has 9 heteroatoms. The first-order valence-electron chi connectivity index (χ1n) is 4.92. The third kappa shape index (κ3) is 3.58. The number of nitrogens with zero attached hydrogens (tertiary/aromatic N) is 3. The van der Waals surface area contributed by atoms with E-state index in [9.17, 15) is 8.42 Å². The van der Waals surface area contributed by atoms with Crippen molar-refractivity contribution in [1.82, 2.24) is 10.2 Å². The van der Waals surface area contributed by atoms with Crippen molar-refractivity contribution in [3.63, 3.8) is 0 Å². The molecular weight excluding hydrogens is 262 g/mol. The van der Waals surface area contributed by atoms with Crippen molar-refractivity contribution in [2.24, 2.45) is 0 Å². The first-order chi connectivity index (χ1) is 8.54. The molecule has 2 aromatic heterocycles. The largest absolute Gasteiger partial charge is 0.423 e. The molecule has 0 bridgehead atoms. The molecule has 0 atom stereocenters. The van der Waals surface area contributed by atoms with Gasteiger partial charge in [0.2, 0.25) is 12.3 Å². The van der Waals surface area contributed by atoms with Crippen LogP contribution in [0.5, 0.6) is 0 Å². The predicted molar refractivity (Wildman–Crippen MR) is 57.4 cm³/mol. The third-order valence-corrected chi connectivity index (χ3v) is 2.54. The maximum atomic E-state index is 10.3. The van der Waals surface area contributed by atoms with Crippen molar-refractivity contribution in [3.05, 3.63) is 30.9 Å². The summed E-state index contributed by atoms with van der Waals surface area (Å²) in [6, 6.07) is 3.47. The lowest BCUT2D eigenvalue weighted by molar-refractivity contribution is -0.697. The highest BCUT2D eigenvalue weighted by Crippen LogP contribution is 2.12. The van der Waals surface area contributed by atoms with E-state index in [4.69, 9.17) is 8.97 Å². The molecule has 0 amide bonds. The fourth-order valence-electron chi connectivity index (χ4n) is 1.30. The van der Waals surface area contributed by atoms with Gasteiger partial charge >= 0.3 is 10.4 Å². The molecule has 0 spiro atoms. The van der Waals surface area contributed by atoms with E-state index in [2.05, 4.69) is 14.4 Å². The molecule has 0 aliphatic rings. The van der Waals surface area contributed by atoms with Crippen LogP contribution in [0.1, 0.15) is 0 Å². The molecule has 8 nitrogen and oxygen atoms in total. The molecule has 0 unspecified atom stereocenters. The summed E-state index contributed by atoms with van der Waals surface area (Å²) in [6.45, 7) is 0.132. The van der Waals surface area contributed by atoms with E-state index in [1.807, 2.05) is 0 Å². The second-order valence-corrected chi connectivity index (χ2v) is 4.41. The fourth-order valence-corrected chi connectivity index (χ4v) is 1.58. The maximum Gasteiger partial charge on any atom is 0.397 e. The molecule has 2 rings (SSSR count). The molecule has 2 aromatic rings. The Hall–Kier alpha value is -1.84. The fraction of sp³-hybridized carbons (Fsp3) is 0.222. The summed E-state index contributed by atoms with van der Waals surface area (Å²) < 4.78 is 39.9. The van der Waals surface area contributed by atoms with E-state index in [1.54, 1.807) is 29.1 Å².